The minimum absolute atomic E-state index is 0.105. The third-order valence-electron chi connectivity index (χ3n) is 4.71. The van der Waals surface area contributed by atoms with Gasteiger partial charge in [0, 0.05) is 27.0 Å². The van der Waals surface area contributed by atoms with Crippen LogP contribution in [0.5, 0.6) is 0 Å². The van der Waals surface area contributed by atoms with E-state index in [2.05, 4.69) is 0 Å². The lowest BCUT2D eigenvalue weighted by molar-refractivity contribution is -0.136. The van der Waals surface area contributed by atoms with E-state index in [-0.39, 0.29) is 17.8 Å². The van der Waals surface area contributed by atoms with Gasteiger partial charge in [-0.05, 0) is 56.3 Å². The van der Waals surface area contributed by atoms with Gasteiger partial charge in [-0.1, -0.05) is 29.3 Å². The summed E-state index contributed by atoms with van der Waals surface area (Å²) < 4.78 is 9.88. The Balaban J connectivity index is 2.09. The highest BCUT2D eigenvalue weighted by Gasteiger charge is 2.38. The molecule has 1 heterocycles. The molecule has 2 aromatic rings. The highest BCUT2D eigenvalue weighted by molar-refractivity contribution is 6.37. The van der Waals surface area contributed by atoms with Crippen molar-refractivity contribution in [3.05, 3.63) is 80.5 Å². The second kappa shape index (κ2) is 9.37. The largest absolute Gasteiger partial charge is 0.465 e. The number of benzene rings is 2. The minimum atomic E-state index is -0.661. The summed E-state index contributed by atoms with van der Waals surface area (Å²) in [6.07, 6.45) is 1.48. The maximum atomic E-state index is 13.3. The Morgan fingerprint density at radius 3 is 2.19 bits per heavy atom. The van der Waals surface area contributed by atoms with Crippen molar-refractivity contribution in [1.82, 2.24) is 0 Å². The zero-order chi connectivity index (χ0) is 22.7. The Bertz CT molecular complexity index is 1100. The van der Waals surface area contributed by atoms with E-state index in [0.717, 1.165) is 0 Å². The molecule has 0 saturated heterocycles. The van der Waals surface area contributed by atoms with Gasteiger partial charge in [-0.2, -0.15) is 0 Å². The van der Waals surface area contributed by atoms with Crippen LogP contribution in [0.4, 0.5) is 5.69 Å². The summed E-state index contributed by atoms with van der Waals surface area (Å²) in [7, 11) is 1.24. The van der Waals surface area contributed by atoms with Crippen molar-refractivity contribution < 1.29 is 23.9 Å². The first-order valence-electron chi connectivity index (χ1n) is 9.37. The number of ether oxygens (including phenoxy) is 2. The summed E-state index contributed by atoms with van der Waals surface area (Å²) >= 11 is 12.5. The lowest BCUT2D eigenvalue weighted by Gasteiger charge is -2.18. The molecule has 8 heteroatoms. The molecule has 0 saturated carbocycles. The van der Waals surface area contributed by atoms with E-state index in [4.69, 9.17) is 32.7 Å². The molecule has 0 fully saturated rings. The average Bonchev–Trinajstić information content (AvgIpc) is 3.00. The SMILES string of the molecule is CCOC(=O)c1ccc(N2C(=O)/C(=C\c3c(Cl)cccc3Cl)C(C(=O)OC)=C2C)cc1. The number of hydrogen-bond acceptors (Lipinski definition) is 5. The average molecular weight is 460 g/mol. The molecule has 3 rings (SSSR count). The van der Waals surface area contributed by atoms with Gasteiger partial charge in [0.05, 0.1) is 30.4 Å². The second-order valence-electron chi connectivity index (χ2n) is 6.55. The molecule has 0 unspecified atom stereocenters. The Morgan fingerprint density at radius 1 is 1.03 bits per heavy atom. The maximum absolute atomic E-state index is 13.3. The summed E-state index contributed by atoms with van der Waals surface area (Å²) in [6, 6.07) is 11.3. The highest BCUT2D eigenvalue weighted by Crippen LogP contribution is 2.37. The van der Waals surface area contributed by atoms with Crippen LogP contribution in [0.2, 0.25) is 10.0 Å². The highest BCUT2D eigenvalue weighted by atomic mass is 35.5. The van der Waals surface area contributed by atoms with Crippen LogP contribution in [-0.2, 0) is 19.1 Å². The number of allylic oxidation sites excluding steroid dienone is 1. The van der Waals surface area contributed by atoms with E-state index in [1.165, 1.54) is 18.1 Å². The number of halogens is 2. The van der Waals surface area contributed by atoms with Gasteiger partial charge in [0.15, 0.2) is 0 Å². The quantitative estimate of drug-likeness (QED) is 0.462. The van der Waals surface area contributed by atoms with Crippen LogP contribution in [0.15, 0.2) is 59.3 Å². The topological polar surface area (TPSA) is 72.9 Å². The summed E-state index contributed by atoms with van der Waals surface area (Å²) in [5, 5.41) is 0.679. The van der Waals surface area contributed by atoms with E-state index in [9.17, 15) is 14.4 Å². The molecule has 1 aliphatic rings. The number of esters is 2. The van der Waals surface area contributed by atoms with Gasteiger partial charge >= 0.3 is 11.9 Å². The summed E-state index contributed by atoms with van der Waals surface area (Å²) in [5.41, 5.74) is 1.85. The molecule has 0 spiro atoms. The number of carbonyl (C=O) groups is 3. The zero-order valence-electron chi connectivity index (χ0n) is 17.1. The van der Waals surface area contributed by atoms with Crippen LogP contribution in [0.3, 0.4) is 0 Å². The van der Waals surface area contributed by atoms with E-state index in [1.54, 1.807) is 56.3 Å². The molecule has 31 heavy (non-hydrogen) atoms. The molecule has 0 N–H and O–H groups in total. The maximum Gasteiger partial charge on any atom is 0.340 e. The lowest BCUT2D eigenvalue weighted by atomic mass is 10.0. The number of carbonyl (C=O) groups excluding carboxylic acids is 3. The molecule has 2 aromatic carbocycles. The van der Waals surface area contributed by atoms with Crippen LogP contribution in [0, 0.1) is 0 Å². The monoisotopic (exact) mass is 459 g/mol. The smallest absolute Gasteiger partial charge is 0.340 e. The fraction of sp³-hybridized carbons (Fsp3) is 0.174. The van der Waals surface area contributed by atoms with E-state index >= 15 is 0 Å². The number of anilines is 1. The normalized spacial score (nSPS) is 14.9. The number of hydrogen-bond donors (Lipinski definition) is 0. The molecule has 1 amide bonds. The molecule has 6 nitrogen and oxygen atoms in total. The molecule has 1 aliphatic heterocycles. The minimum Gasteiger partial charge on any atom is -0.465 e. The molecule has 0 radical (unpaired) electrons. The number of nitrogens with zero attached hydrogens (tertiary/aromatic N) is 1. The van der Waals surface area contributed by atoms with Crippen LogP contribution < -0.4 is 4.90 Å². The van der Waals surface area contributed by atoms with Gasteiger partial charge < -0.3 is 9.47 Å². The van der Waals surface area contributed by atoms with Crippen LogP contribution in [-0.4, -0.2) is 31.6 Å². The second-order valence-corrected chi connectivity index (χ2v) is 7.37. The van der Waals surface area contributed by atoms with Crippen molar-refractivity contribution in [3.63, 3.8) is 0 Å². The van der Waals surface area contributed by atoms with Crippen molar-refractivity contribution >= 4 is 52.8 Å². The molecule has 0 aliphatic carbocycles. The molecule has 160 valence electrons. The summed E-state index contributed by atoms with van der Waals surface area (Å²) in [6.45, 7) is 3.61. The predicted octanol–water partition coefficient (Wildman–Crippen LogP) is 5.05. The van der Waals surface area contributed by atoms with Crippen molar-refractivity contribution in [1.29, 1.82) is 0 Å². The third kappa shape index (κ3) is 4.36. The first-order valence-corrected chi connectivity index (χ1v) is 10.1. The van der Waals surface area contributed by atoms with Crippen LogP contribution in [0.1, 0.15) is 29.8 Å². The number of methoxy groups -OCH3 is 1. The van der Waals surface area contributed by atoms with E-state index in [1.807, 2.05) is 0 Å². The molecule has 0 bridgehead atoms. The van der Waals surface area contributed by atoms with E-state index in [0.29, 0.717) is 32.6 Å². The van der Waals surface area contributed by atoms with Crippen molar-refractivity contribution in [3.8, 4) is 0 Å². The van der Waals surface area contributed by atoms with Crippen LogP contribution in [0.25, 0.3) is 6.08 Å². The Kier molecular flexibility index (Phi) is 6.83. The first-order chi connectivity index (χ1) is 14.8. The van der Waals surface area contributed by atoms with Crippen LogP contribution >= 0.6 is 23.2 Å². The van der Waals surface area contributed by atoms with Crippen molar-refractivity contribution in [2.24, 2.45) is 0 Å². The van der Waals surface area contributed by atoms with Crippen molar-refractivity contribution in [2.75, 3.05) is 18.6 Å². The van der Waals surface area contributed by atoms with Gasteiger partial charge in [0.1, 0.15) is 0 Å². The zero-order valence-corrected chi connectivity index (χ0v) is 18.6. The predicted molar refractivity (Wildman–Crippen MR) is 119 cm³/mol. The Hall–Kier alpha value is -3.09. The number of amides is 1. The molecule has 0 atom stereocenters. The molecular formula is C23H19Cl2NO5. The fourth-order valence-corrected chi connectivity index (χ4v) is 3.75. The van der Waals surface area contributed by atoms with Gasteiger partial charge in [0.25, 0.3) is 5.91 Å². The standard InChI is InChI=1S/C23H19Cl2NO5/c1-4-31-22(28)14-8-10-15(11-9-14)26-13(2)20(23(29)30-3)17(21(26)27)12-16-18(24)6-5-7-19(16)25/h5-12H,4H2,1-3H3/b17-12-. The Labute approximate surface area is 189 Å². The lowest BCUT2D eigenvalue weighted by Crippen LogP contribution is -2.24. The summed E-state index contributed by atoms with van der Waals surface area (Å²) in [5.74, 6) is -1.57. The van der Waals surface area contributed by atoms with Crippen molar-refractivity contribution in [2.45, 2.75) is 13.8 Å². The van der Waals surface area contributed by atoms with Gasteiger partial charge in [-0.25, -0.2) is 9.59 Å². The molecular weight excluding hydrogens is 441 g/mol. The van der Waals surface area contributed by atoms with E-state index < -0.39 is 17.8 Å². The first kappa shape index (κ1) is 22.6. The Morgan fingerprint density at radius 2 is 1.65 bits per heavy atom. The summed E-state index contributed by atoms with van der Waals surface area (Å²) in [4.78, 5) is 39.1. The molecule has 0 aromatic heterocycles. The van der Waals surface area contributed by atoms with Gasteiger partial charge in [0.2, 0.25) is 0 Å². The fourth-order valence-electron chi connectivity index (χ4n) is 3.24. The van der Waals surface area contributed by atoms with Gasteiger partial charge in [-0.3, -0.25) is 9.69 Å². The van der Waals surface area contributed by atoms with Gasteiger partial charge in [-0.15, -0.1) is 0 Å². The third-order valence-corrected chi connectivity index (χ3v) is 5.37. The number of rotatable bonds is 5.